The van der Waals surface area contributed by atoms with Gasteiger partial charge < -0.3 is 0 Å². The van der Waals surface area contributed by atoms with Crippen LogP contribution in [0.1, 0.15) is 52.4 Å². The van der Waals surface area contributed by atoms with Gasteiger partial charge in [-0.25, -0.2) is 0 Å². The summed E-state index contributed by atoms with van der Waals surface area (Å²) in [6.07, 6.45) is -0.913. The van der Waals surface area contributed by atoms with Gasteiger partial charge in [0.05, 0.1) is 0 Å². The van der Waals surface area contributed by atoms with Crippen molar-refractivity contribution >= 4 is 5.97 Å². The molecule has 30 heavy (non-hydrogen) atoms. The van der Waals surface area contributed by atoms with E-state index in [9.17, 15) is 30.3 Å². The van der Waals surface area contributed by atoms with Gasteiger partial charge in [-0.15, -0.1) is 0 Å². The minimum absolute atomic E-state index is 0.0103. The van der Waals surface area contributed by atoms with E-state index in [2.05, 4.69) is 3.53 Å². The van der Waals surface area contributed by atoms with E-state index in [0.717, 1.165) is 36.7 Å². The molecule has 10 heteroatoms. The number of nitrogens with one attached hydrogen (secondary N) is 1. The van der Waals surface area contributed by atoms with Gasteiger partial charge in [-0.05, 0) is 0 Å². The summed E-state index contributed by atoms with van der Waals surface area (Å²) in [6, 6.07) is -0.706. The minimum atomic E-state index is -1.65. The van der Waals surface area contributed by atoms with Crippen molar-refractivity contribution in [1.82, 2.24) is 3.53 Å². The van der Waals surface area contributed by atoms with Crippen molar-refractivity contribution in [2.45, 2.75) is 88.4 Å². The molecule has 1 saturated heterocycles. The Balaban J connectivity index is 2.80. The summed E-state index contributed by atoms with van der Waals surface area (Å²) in [5.41, 5.74) is -1.65. The standard InChI is InChI=1S/C20H39INO8/c1-13(2)10-20(19(27)28)11-14(24)16(18(30-20)17(26)15(25)12-23)22-21-8-6-4-5-7-9-29-3/h13-18,22-26H,4-12H2,1-3H3,(H,27,28)/q-1/t14-,15-,16-,17-,18?,20-/m1/s1. The Hall–Kier alpha value is -0.0800. The zero-order valence-electron chi connectivity index (χ0n) is 18.2. The quantitative estimate of drug-likeness (QED) is 0.0542. The Morgan fingerprint density at radius 3 is 2.50 bits per heavy atom. The number of hydrogen-bond donors (Lipinski definition) is 6. The van der Waals surface area contributed by atoms with Crippen molar-refractivity contribution in [3.8, 4) is 0 Å². The maximum absolute atomic E-state index is 12.0. The van der Waals surface area contributed by atoms with Crippen molar-refractivity contribution < 1.29 is 61.3 Å². The fourth-order valence-corrected chi connectivity index (χ4v) is 6.24. The number of alkyl halides is 1. The van der Waals surface area contributed by atoms with Gasteiger partial charge >= 0.3 is 190 Å². The fourth-order valence-electron chi connectivity index (χ4n) is 3.73. The van der Waals surface area contributed by atoms with Crippen LogP contribution in [-0.4, -0.2) is 92.3 Å². The van der Waals surface area contributed by atoms with Crippen LogP contribution < -0.4 is 25.0 Å². The average molecular weight is 548 g/mol. The number of unbranched alkanes of at least 4 members (excludes halogenated alkanes) is 3. The molecule has 0 amide bonds. The van der Waals surface area contributed by atoms with Gasteiger partial charge in [0, 0.05) is 0 Å². The number of hydrogen-bond acceptors (Lipinski definition) is 8. The van der Waals surface area contributed by atoms with Crippen LogP contribution >= 0.6 is 0 Å². The van der Waals surface area contributed by atoms with Crippen LogP contribution in [0.15, 0.2) is 0 Å². The molecule has 0 bridgehead atoms. The number of rotatable bonds is 15. The molecule has 180 valence electrons. The Morgan fingerprint density at radius 2 is 1.93 bits per heavy atom. The second-order valence-electron chi connectivity index (χ2n) is 8.36. The number of halogens is 1. The predicted molar refractivity (Wildman–Crippen MR) is 107 cm³/mol. The number of aliphatic carboxylic acids is 1. The zero-order valence-corrected chi connectivity index (χ0v) is 20.3. The number of carboxylic acid groups (broad SMARTS) is 1. The Morgan fingerprint density at radius 1 is 1.27 bits per heavy atom. The SMILES string of the molecule is COCCCCCC[I-]N[C@H]1C([C@H](O)[C@H](O)CO)O[C@@](CC(C)C)(C(=O)O)C[C@H]1O. The van der Waals surface area contributed by atoms with E-state index in [1.807, 2.05) is 13.8 Å². The van der Waals surface area contributed by atoms with Crippen LogP contribution in [0.3, 0.4) is 0 Å². The van der Waals surface area contributed by atoms with Crippen molar-refractivity contribution in [2.24, 2.45) is 5.92 Å². The molecule has 1 rings (SSSR count). The van der Waals surface area contributed by atoms with Gasteiger partial charge in [0.15, 0.2) is 0 Å². The molecule has 6 atom stereocenters. The summed E-state index contributed by atoms with van der Waals surface area (Å²) in [5, 5.41) is 50.3. The second kappa shape index (κ2) is 14.1. The van der Waals surface area contributed by atoms with Crippen molar-refractivity contribution in [1.29, 1.82) is 0 Å². The van der Waals surface area contributed by atoms with Gasteiger partial charge in [0.25, 0.3) is 0 Å². The van der Waals surface area contributed by atoms with Crippen LogP contribution in [0.25, 0.3) is 0 Å². The normalized spacial score (nSPS) is 29.3. The van der Waals surface area contributed by atoms with Gasteiger partial charge in [-0.3, -0.25) is 0 Å². The van der Waals surface area contributed by atoms with E-state index in [1.165, 1.54) is 0 Å². The maximum atomic E-state index is 12.0. The molecule has 1 heterocycles. The van der Waals surface area contributed by atoms with Gasteiger partial charge in [-0.2, -0.15) is 0 Å². The zero-order chi connectivity index (χ0) is 22.7. The van der Waals surface area contributed by atoms with E-state index >= 15 is 0 Å². The van der Waals surface area contributed by atoms with Crippen molar-refractivity contribution in [2.75, 3.05) is 24.8 Å². The topological polar surface area (TPSA) is 149 Å². The van der Waals surface area contributed by atoms with Crippen LogP contribution in [0.5, 0.6) is 0 Å². The molecule has 0 aliphatic carbocycles. The Bertz CT molecular complexity index is 497. The number of aliphatic hydroxyl groups is 4. The molecule has 0 aromatic carbocycles. The van der Waals surface area contributed by atoms with Crippen LogP contribution in [-0.2, 0) is 14.3 Å². The Kier molecular flexibility index (Phi) is 13.2. The van der Waals surface area contributed by atoms with Crippen LogP contribution in [0.4, 0.5) is 0 Å². The summed E-state index contributed by atoms with van der Waals surface area (Å²) in [6.45, 7) is 3.78. The Labute approximate surface area is 189 Å². The molecule has 0 saturated carbocycles. The summed E-state index contributed by atoms with van der Waals surface area (Å²) < 4.78 is 15.2. The molecule has 1 aliphatic heterocycles. The first-order chi connectivity index (χ1) is 14.2. The molecule has 1 unspecified atom stereocenters. The van der Waals surface area contributed by atoms with E-state index in [0.29, 0.717) is 0 Å². The van der Waals surface area contributed by atoms with Crippen LogP contribution in [0.2, 0.25) is 0 Å². The summed E-state index contributed by atoms with van der Waals surface area (Å²) in [7, 11) is 1.69. The average Bonchev–Trinajstić information content (AvgIpc) is 2.69. The number of carbonyl (C=O) groups is 1. The molecular formula is C20H39INO8-. The second-order valence-corrected chi connectivity index (χ2v) is 10.8. The monoisotopic (exact) mass is 548 g/mol. The first-order valence-corrected chi connectivity index (χ1v) is 13.2. The van der Waals surface area contributed by atoms with Crippen molar-refractivity contribution in [3.63, 3.8) is 0 Å². The summed E-state index contributed by atoms with van der Waals surface area (Å²) in [5.74, 6) is -1.21. The first kappa shape index (κ1) is 28.0. The van der Waals surface area contributed by atoms with E-state index in [4.69, 9.17) is 9.47 Å². The van der Waals surface area contributed by atoms with E-state index < -0.39 is 70.1 Å². The number of methoxy groups -OCH3 is 1. The third kappa shape index (κ3) is 8.45. The molecule has 0 spiro atoms. The molecule has 1 fully saturated rings. The molecule has 9 nitrogen and oxygen atoms in total. The molecule has 0 aromatic heterocycles. The molecular weight excluding hydrogens is 509 g/mol. The molecule has 0 aromatic rings. The third-order valence-corrected chi connectivity index (χ3v) is 7.71. The van der Waals surface area contributed by atoms with Gasteiger partial charge in [-0.1, -0.05) is 0 Å². The summed E-state index contributed by atoms with van der Waals surface area (Å²) >= 11 is -0.519. The molecule has 1 aliphatic rings. The molecule has 0 radical (unpaired) electrons. The molecule has 6 N–H and O–H groups in total. The van der Waals surface area contributed by atoms with E-state index in [-0.39, 0.29) is 18.8 Å². The predicted octanol–water partition coefficient (Wildman–Crippen LogP) is -3.11. The fraction of sp³-hybridized carbons (Fsp3) is 0.950. The van der Waals surface area contributed by atoms with Gasteiger partial charge in [0.1, 0.15) is 0 Å². The number of ether oxygens (including phenoxy) is 2. The van der Waals surface area contributed by atoms with Crippen molar-refractivity contribution in [3.05, 3.63) is 0 Å². The third-order valence-electron chi connectivity index (χ3n) is 5.24. The number of aliphatic hydroxyl groups excluding tert-OH is 4. The van der Waals surface area contributed by atoms with E-state index in [1.54, 1.807) is 7.11 Å². The first-order valence-electron chi connectivity index (χ1n) is 10.6. The number of carboxylic acids is 1. The summed E-state index contributed by atoms with van der Waals surface area (Å²) in [4.78, 5) is 12.0. The van der Waals surface area contributed by atoms with Gasteiger partial charge in [0.2, 0.25) is 0 Å². The van der Waals surface area contributed by atoms with Crippen LogP contribution in [0, 0.1) is 5.92 Å².